The lowest BCUT2D eigenvalue weighted by Gasteiger charge is -2.21. The summed E-state index contributed by atoms with van der Waals surface area (Å²) in [6, 6.07) is 12.0. The fourth-order valence-electron chi connectivity index (χ4n) is 4.50. The fourth-order valence-corrected chi connectivity index (χ4v) is 9.07. The van der Waals surface area contributed by atoms with Gasteiger partial charge in [0.2, 0.25) is 10.0 Å². The van der Waals surface area contributed by atoms with E-state index in [1.165, 1.54) is 33.3 Å². The van der Waals surface area contributed by atoms with E-state index in [-0.39, 0.29) is 31.0 Å². The molecule has 0 saturated carbocycles. The molecule has 0 bridgehead atoms. The Morgan fingerprint density at radius 3 is 2.39 bits per heavy atom. The molecule has 0 radical (unpaired) electrons. The highest BCUT2D eigenvalue weighted by Crippen LogP contribution is 2.39. The van der Waals surface area contributed by atoms with Gasteiger partial charge in [0.1, 0.15) is 5.69 Å². The zero-order valence-corrected chi connectivity index (χ0v) is 20.8. The number of hydrogen-bond acceptors (Lipinski definition) is 6. The van der Waals surface area contributed by atoms with Crippen LogP contribution < -0.4 is 4.74 Å². The van der Waals surface area contributed by atoms with E-state index >= 15 is 0 Å². The molecule has 3 heterocycles. The largest absolute Gasteiger partial charge is 0.573 e. The molecule has 36 heavy (non-hydrogen) atoms. The first-order chi connectivity index (χ1) is 16.8. The van der Waals surface area contributed by atoms with Crippen LogP contribution in [-0.4, -0.2) is 54.0 Å². The summed E-state index contributed by atoms with van der Waals surface area (Å²) in [6.07, 6.45) is -4.91. The third kappa shape index (κ3) is 4.72. The number of aromatic nitrogens is 2. The van der Waals surface area contributed by atoms with Gasteiger partial charge in [-0.1, -0.05) is 35.9 Å². The van der Waals surface area contributed by atoms with Crippen molar-refractivity contribution in [3.63, 3.8) is 0 Å². The maximum atomic E-state index is 13.2. The normalized spacial score (nSPS) is 19.9. The second kappa shape index (κ2) is 8.75. The first-order valence-corrected chi connectivity index (χ1v) is 14.5. The Bertz CT molecular complexity index is 1540. The maximum absolute atomic E-state index is 13.2. The van der Waals surface area contributed by atoms with Crippen LogP contribution in [0.3, 0.4) is 0 Å². The van der Waals surface area contributed by atoms with Crippen LogP contribution >= 0.6 is 11.6 Å². The van der Waals surface area contributed by atoms with Gasteiger partial charge in [0.15, 0.2) is 15.6 Å². The number of sulfonamides is 1. The van der Waals surface area contributed by atoms with E-state index < -0.39 is 43.0 Å². The molecule has 14 heteroatoms. The van der Waals surface area contributed by atoms with E-state index in [1.54, 1.807) is 24.3 Å². The van der Waals surface area contributed by atoms with Crippen LogP contribution in [0.25, 0.3) is 16.9 Å². The number of fused-ring (bicyclic) bond motifs is 1. The molecular weight excluding hydrogens is 543 g/mol. The van der Waals surface area contributed by atoms with Gasteiger partial charge in [-0.15, -0.1) is 13.2 Å². The lowest BCUT2D eigenvalue weighted by atomic mass is 10.1. The monoisotopic (exact) mass is 561 g/mol. The molecule has 1 atom stereocenters. The van der Waals surface area contributed by atoms with Crippen LogP contribution in [0.15, 0.2) is 48.5 Å². The van der Waals surface area contributed by atoms with Crippen LogP contribution in [0.4, 0.5) is 13.2 Å². The zero-order chi connectivity index (χ0) is 25.9. The molecule has 2 aromatic carbocycles. The SMILES string of the molecule is O=S1(=O)CCC(S(=O)(=O)N2Cc3nn(-c4ccccc4OC(F)(F)F)c(-c4ccc(Cl)cc4)c3C2)C1. The third-order valence-corrected chi connectivity index (χ3v) is 10.6. The number of para-hydroxylation sites is 2. The highest BCUT2D eigenvalue weighted by Gasteiger charge is 2.44. The Morgan fingerprint density at radius 2 is 1.75 bits per heavy atom. The highest BCUT2D eigenvalue weighted by molar-refractivity contribution is 7.95. The summed E-state index contributed by atoms with van der Waals surface area (Å²) < 4.78 is 96.1. The predicted molar refractivity (Wildman–Crippen MR) is 126 cm³/mol. The molecule has 1 unspecified atom stereocenters. The Morgan fingerprint density at radius 1 is 1.06 bits per heavy atom. The Balaban J connectivity index is 1.59. The Labute approximate surface area is 210 Å². The topological polar surface area (TPSA) is 98.6 Å². The minimum atomic E-state index is -4.93. The molecule has 1 fully saturated rings. The molecule has 2 aliphatic rings. The molecule has 1 saturated heterocycles. The van der Waals surface area contributed by atoms with Gasteiger partial charge in [-0.3, -0.25) is 0 Å². The predicted octanol–water partition coefficient (Wildman–Crippen LogP) is 3.92. The van der Waals surface area contributed by atoms with Gasteiger partial charge >= 0.3 is 6.36 Å². The summed E-state index contributed by atoms with van der Waals surface area (Å²) in [7, 11) is -7.38. The van der Waals surface area contributed by atoms with Gasteiger partial charge in [-0.2, -0.15) is 9.40 Å². The molecule has 1 aromatic heterocycles. The number of sulfone groups is 1. The van der Waals surface area contributed by atoms with Crippen molar-refractivity contribution < 1.29 is 34.7 Å². The lowest BCUT2D eigenvalue weighted by molar-refractivity contribution is -0.274. The van der Waals surface area contributed by atoms with E-state index in [9.17, 15) is 30.0 Å². The van der Waals surface area contributed by atoms with Crippen LogP contribution in [0.2, 0.25) is 5.02 Å². The van der Waals surface area contributed by atoms with Crippen molar-refractivity contribution in [2.75, 3.05) is 11.5 Å². The van der Waals surface area contributed by atoms with Gasteiger partial charge in [-0.05, 0) is 30.7 Å². The van der Waals surface area contributed by atoms with Crippen molar-refractivity contribution in [2.45, 2.75) is 31.1 Å². The fraction of sp³-hybridized carbons (Fsp3) is 0.318. The molecule has 0 amide bonds. The summed E-state index contributed by atoms with van der Waals surface area (Å²) in [5.74, 6) is -1.09. The van der Waals surface area contributed by atoms with Crippen molar-refractivity contribution in [3.8, 4) is 22.7 Å². The van der Waals surface area contributed by atoms with Crippen molar-refractivity contribution in [1.29, 1.82) is 0 Å². The van der Waals surface area contributed by atoms with Crippen molar-refractivity contribution in [1.82, 2.24) is 14.1 Å². The van der Waals surface area contributed by atoms with Crippen molar-refractivity contribution in [3.05, 3.63) is 64.8 Å². The van der Waals surface area contributed by atoms with E-state index in [4.69, 9.17) is 11.6 Å². The summed E-state index contributed by atoms with van der Waals surface area (Å²) >= 11 is 6.02. The molecule has 3 aromatic rings. The van der Waals surface area contributed by atoms with Crippen LogP contribution in [-0.2, 0) is 33.0 Å². The van der Waals surface area contributed by atoms with E-state index in [0.29, 0.717) is 27.5 Å². The zero-order valence-electron chi connectivity index (χ0n) is 18.4. The van der Waals surface area contributed by atoms with E-state index in [1.807, 2.05) is 0 Å². The van der Waals surface area contributed by atoms with Gasteiger partial charge in [0.05, 0.1) is 34.7 Å². The number of rotatable bonds is 5. The van der Waals surface area contributed by atoms with Gasteiger partial charge in [-0.25, -0.2) is 21.5 Å². The van der Waals surface area contributed by atoms with Crippen molar-refractivity contribution >= 4 is 31.5 Å². The van der Waals surface area contributed by atoms with Gasteiger partial charge in [0, 0.05) is 22.7 Å². The number of ether oxygens (including phenoxy) is 1. The van der Waals surface area contributed by atoms with Crippen molar-refractivity contribution in [2.24, 2.45) is 0 Å². The molecule has 5 rings (SSSR count). The first-order valence-electron chi connectivity index (χ1n) is 10.8. The number of benzene rings is 2. The highest BCUT2D eigenvalue weighted by atomic mass is 35.5. The van der Waals surface area contributed by atoms with Gasteiger partial charge in [0.25, 0.3) is 0 Å². The Kier molecular flexibility index (Phi) is 6.09. The van der Waals surface area contributed by atoms with Crippen LogP contribution in [0, 0.1) is 0 Å². The molecule has 0 spiro atoms. The standard InChI is InChI=1S/C22H19ClF3N3O5S2/c23-15-7-5-14(6-8-15)21-17-11-28(36(32,33)16-9-10-35(30,31)13-16)12-18(17)27-29(21)19-3-1-2-4-20(19)34-22(24,25)26/h1-8,16H,9-13H2. The smallest absolute Gasteiger partial charge is 0.403 e. The molecule has 192 valence electrons. The van der Waals surface area contributed by atoms with E-state index in [0.717, 1.165) is 0 Å². The number of hydrogen-bond donors (Lipinski definition) is 0. The average Bonchev–Trinajstić information content (AvgIpc) is 3.46. The molecule has 8 nitrogen and oxygen atoms in total. The molecule has 0 N–H and O–H groups in total. The molecule has 2 aliphatic heterocycles. The summed E-state index contributed by atoms with van der Waals surface area (Å²) in [4.78, 5) is 0. The quantitative estimate of drug-likeness (QED) is 0.468. The van der Waals surface area contributed by atoms with Crippen LogP contribution in [0.5, 0.6) is 5.75 Å². The minimum absolute atomic E-state index is 0.0189. The summed E-state index contributed by atoms with van der Waals surface area (Å²) in [5.41, 5.74) is 1.81. The third-order valence-electron chi connectivity index (χ3n) is 6.14. The minimum Gasteiger partial charge on any atom is -0.403 e. The molecular formula is C22H19ClF3N3O5S2. The summed E-state index contributed by atoms with van der Waals surface area (Å²) in [6.45, 7) is -0.238. The number of nitrogens with zero attached hydrogens (tertiary/aromatic N) is 3. The summed E-state index contributed by atoms with van der Waals surface area (Å²) in [5, 5.41) is 3.88. The number of halogens is 4. The second-order valence-electron chi connectivity index (χ2n) is 8.55. The van der Waals surface area contributed by atoms with Crippen LogP contribution in [0.1, 0.15) is 17.7 Å². The molecule has 0 aliphatic carbocycles. The van der Waals surface area contributed by atoms with Gasteiger partial charge < -0.3 is 4.74 Å². The lowest BCUT2D eigenvalue weighted by Crippen LogP contribution is -2.36. The number of alkyl halides is 3. The Hall–Kier alpha value is -2.61. The maximum Gasteiger partial charge on any atom is 0.573 e. The average molecular weight is 562 g/mol. The second-order valence-corrected chi connectivity index (χ2v) is 13.4. The first kappa shape index (κ1) is 25.1. The van der Waals surface area contributed by atoms with E-state index in [2.05, 4.69) is 9.84 Å².